The van der Waals surface area contributed by atoms with Crippen LogP contribution in [-0.2, 0) is 9.59 Å². The van der Waals surface area contributed by atoms with Gasteiger partial charge in [-0.3, -0.25) is 14.5 Å². The van der Waals surface area contributed by atoms with Crippen molar-refractivity contribution in [2.45, 2.75) is 32.7 Å². The molecule has 0 radical (unpaired) electrons. The van der Waals surface area contributed by atoms with Crippen LogP contribution in [0.4, 0.5) is 5.69 Å². The maximum atomic E-state index is 12.3. The number of amides is 2. The molecule has 148 valence electrons. The van der Waals surface area contributed by atoms with Gasteiger partial charge in [-0.1, -0.05) is 18.2 Å². The van der Waals surface area contributed by atoms with Crippen molar-refractivity contribution in [2.75, 3.05) is 50.7 Å². The van der Waals surface area contributed by atoms with Gasteiger partial charge in [0.05, 0.1) is 5.92 Å². The van der Waals surface area contributed by atoms with E-state index < -0.39 is 0 Å². The molecule has 2 aliphatic rings. The molecular formula is C21H32N4O2. The van der Waals surface area contributed by atoms with E-state index in [1.807, 2.05) is 13.8 Å². The minimum absolute atomic E-state index is 0.0281. The summed E-state index contributed by atoms with van der Waals surface area (Å²) < 4.78 is 0. The molecule has 0 unspecified atom stereocenters. The quantitative estimate of drug-likeness (QED) is 0.739. The lowest BCUT2D eigenvalue weighted by Gasteiger charge is -2.36. The third-order valence-electron chi connectivity index (χ3n) is 5.60. The van der Waals surface area contributed by atoms with Gasteiger partial charge in [-0.15, -0.1) is 0 Å². The van der Waals surface area contributed by atoms with Crippen LogP contribution in [-0.4, -0.2) is 73.5 Å². The molecule has 2 aliphatic heterocycles. The van der Waals surface area contributed by atoms with E-state index in [2.05, 4.69) is 45.4 Å². The molecule has 0 spiro atoms. The SMILES string of the molecule is CC(C)N1C[C@H](C(=O)NCCCN2CCN(c3ccccc3)CC2)CC1=O. The van der Waals surface area contributed by atoms with E-state index >= 15 is 0 Å². The first-order valence-corrected chi connectivity index (χ1v) is 10.1. The predicted octanol–water partition coefficient (Wildman–Crippen LogP) is 1.57. The molecule has 0 saturated carbocycles. The Bertz CT molecular complexity index is 626. The summed E-state index contributed by atoms with van der Waals surface area (Å²) in [5.41, 5.74) is 1.30. The van der Waals surface area contributed by atoms with Gasteiger partial charge in [0.15, 0.2) is 0 Å². The molecule has 2 heterocycles. The number of benzene rings is 1. The van der Waals surface area contributed by atoms with Gasteiger partial charge in [-0.25, -0.2) is 0 Å². The lowest BCUT2D eigenvalue weighted by molar-refractivity contribution is -0.129. The summed E-state index contributed by atoms with van der Waals surface area (Å²) in [5, 5.41) is 3.02. The van der Waals surface area contributed by atoms with Crippen molar-refractivity contribution >= 4 is 17.5 Å². The van der Waals surface area contributed by atoms with Crippen LogP contribution in [0.25, 0.3) is 0 Å². The second-order valence-electron chi connectivity index (χ2n) is 7.85. The van der Waals surface area contributed by atoms with Crippen LogP contribution in [0.3, 0.4) is 0 Å². The molecule has 0 aliphatic carbocycles. The Balaban J connectivity index is 1.31. The highest BCUT2D eigenvalue weighted by atomic mass is 16.2. The van der Waals surface area contributed by atoms with Crippen LogP contribution in [0.5, 0.6) is 0 Å². The van der Waals surface area contributed by atoms with Gasteiger partial charge >= 0.3 is 0 Å². The fourth-order valence-corrected chi connectivity index (χ4v) is 3.93. The number of nitrogens with one attached hydrogen (secondary N) is 1. The second-order valence-corrected chi connectivity index (χ2v) is 7.85. The second kappa shape index (κ2) is 9.22. The fraction of sp³-hybridized carbons (Fsp3) is 0.619. The zero-order valence-corrected chi connectivity index (χ0v) is 16.6. The van der Waals surface area contributed by atoms with Gasteiger partial charge in [0.2, 0.25) is 11.8 Å². The lowest BCUT2D eigenvalue weighted by atomic mass is 10.1. The number of piperazine rings is 1. The maximum absolute atomic E-state index is 12.3. The van der Waals surface area contributed by atoms with Gasteiger partial charge < -0.3 is 15.1 Å². The topological polar surface area (TPSA) is 55.9 Å². The molecule has 1 N–H and O–H groups in total. The first-order valence-electron chi connectivity index (χ1n) is 10.1. The summed E-state index contributed by atoms with van der Waals surface area (Å²) in [6.07, 6.45) is 1.30. The van der Waals surface area contributed by atoms with Crippen LogP contribution in [0, 0.1) is 5.92 Å². The molecule has 1 atom stereocenters. The largest absolute Gasteiger partial charge is 0.369 e. The predicted molar refractivity (Wildman–Crippen MR) is 108 cm³/mol. The first kappa shape index (κ1) is 19.7. The Morgan fingerprint density at radius 3 is 2.48 bits per heavy atom. The number of carbonyl (C=O) groups excluding carboxylic acids is 2. The van der Waals surface area contributed by atoms with Gasteiger partial charge in [-0.2, -0.15) is 0 Å². The number of likely N-dealkylation sites (tertiary alicyclic amines) is 1. The monoisotopic (exact) mass is 372 g/mol. The van der Waals surface area contributed by atoms with E-state index in [4.69, 9.17) is 0 Å². The number of hydrogen-bond donors (Lipinski definition) is 1. The summed E-state index contributed by atoms with van der Waals surface area (Å²) in [4.78, 5) is 30.9. The van der Waals surface area contributed by atoms with Gasteiger partial charge in [0.25, 0.3) is 0 Å². The van der Waals surface area contributed by atoms with Crippen LogP contribution >= 0.6 is 0 Å². The Hall–Kier alpha value is -2.08. The Kier molecular flexibility index (Phi) is 6.72. The van der Waals surface area contributed by atoms with Crippen molar-refractivity contribution in [3.05, 3.63) is 30.3 Å². The van der Waals surface area contributed by atoms with Gasteiger partial charge in [-0.05, 0) is 38.9 Å². The molecule has 0 bridgehead atoms. The third-order valence-corrected chi connectivity index (χ3v) is 5.60. The minimum atomic E-state index is -0.186. The number of anilines is 1. The van der Waals surface area contributed by atoms with Crippen molar-refractivity contribution < 1.29 is 9.59 Å². The van der Waals surface area contributed by atoms with E-state index in [0.29, 0.717) is 19.5 Å². The van der Waals surface area contributed by atoms with Crippen LogP contribution in [0.2, 0.25) is 0 Å². The normalized spacial score (nSPS) is 21.1. The lowest BCUT2D eigenvalue weighted by Crippen LogP contribution is -2.47. The third kappa shape index (κ3) is 5.22. The zero-order chi connectivity index (χ0) is 19.2. The molecule has 2 fully saturated rings. The maximum Gasteiger partial charge on any atom is 0.225 e. The molecule has 6 nitrogen and oxygen atoms in total. The standard InChI is InChI=1S/C21H32N4O2/c1-17(2)25-16-18(15-20(25)26)21(27)22-9-6-10-23-11-13-24(14-12-23)19-7-4-3-5-8-19/h3-5,7-8,17-18H,6,9-16H2,1-2H3,(H,22,27)/t18-/m1/s1. The molecule has 3 rings (SSSR count). The molecule has 6 heteroatoms. The van der Waals surface area contributed by atoms with Crippen LogP contribution in [0.15, 0.2) is 30.3 Å². The molecule has 1 aromatic carbocycles. The van der Waals surface area contributed by atoms with E-state index in [0.717, 1.165) is 39.1 Å². The minimum Gasteiger partial charge on any atom is -0.369 e. The van der Waals surface area contributed by atoms with E-state index in [9.17, 15) is 9.59 Å². The van der Waals surface area contributed by atoms with E-state index in [1.54, 1.807) is 4.90 Å². The number of rotatable bonds is 7. The Morgan fingerprint density at radius 2 is 1.85 bits per heavy atom. The van der Waals surface area contributed by atoms with Crippen LogP contribution in [0.1, 0.15) is 26.7 Å². The summed E-state index contributed by atoms with van der Waals surface area (Å²) in [5.74, 6) is -0.0591. The number of carbonyl (C=O) groups is 2. The van der Waals surface area contributed by atoms with Crippen LogP contribution < -0.4 is 10.2 Å². The molecule has 1 aromatic rings. The smallest absolute Gasteiger partial charge is 0.225 e. The molecule has 0 aromatic heterocycles. The van der Waals surface area contributed by atoms with Gasteiger partial charge in [0, 0.05) is 57.4 Å². The molecule has 2 saturated heterocycles. The number of hydrogen-bond acceptors (Lipinski definition) is 4. The van der Waals surface area contributed by atoms with Crippen molar-refractivity contribution in [3.8, 4) is 0 Å². The molecule has 27 heavy (non-hydrogen) atoms. The zero-order valence-electron chi connectivity index (χ0n) is 16.6. The number of nitrogens with zero attached hydrogens (tertiary/aromatic N) is 3. The van der Waals surface area contributed by atoms with E-state index in [1.165, 1.54) is 5.69 Å². The Labute approximate surface area is 162 Å². The summed E-state index contributed by atoms with van der Waals surface area (Å²) in [6, 6.07) is 10.7. The molecular weight excluding hydrogens is 340 g/mol. The molecule has 2 amide bonds. The summed E-state index contributed by atoms with van der Waals surface area (Å²) in [7, 11) is 0. The summed E-state index contributed by atoms with van der Waals surface area (Å²) in [6.45, 7) is 10.5. The van der Waals surface area contributed by atoms with Crippen molar-refractivity contribution in [2.24, 2.45) is 5.92 Å². The average Bonchev–Trinajstić information content (AvgIpc) is 3.08. The highest BCUT2D eigenvalue weighted by Gasteiger charge is 2.35. The Morgan fingerprint density at radius 1 is 1.15 bits per heavy atom. The van der Waals surface area contributed by atoms with E-state index in [-0.39, 0.29) is 23.8 Å². The van der Waals surface area contributed by atoms with Crippen molar-refractivity contribution in [1.29, 1.82) is 0 Å². The van der Waals surface area contributed by atoms with Gasteiger partial charge in [0.1, 0.15) is 0 Å². The average molecular weight is 373 g/mol. The highest BCUT2D eigenvalue weighted by Crippen LogP contribution is 2.20. The van der Waals surface area contributed by atoms with Crippen molar-refractivity contribution in [1.82, 2.24) is 15.1 Å². The number of para-hydroxylation sites is 1. The van der Waals surface area contributed by atoms with Crippen molar-refractivity contribution in [3.63, 3.8) is 0 Å². The highest BCUT2D eigenvalue weighted by molar-refractivity contribution is 5.89. The summed E-state index contributed by atoms with van der Waals surface area (Å²) >= 11 is 0. The first-order chi connectivity index (χ1) is 13.0. The fourth-order valence-electron chi connectivity index (χ4n) is 3.93.